The van der Waals surface area contributed by atoms with E-state index >= 15 is 0 Å². The van der Waals surface area contributed by atoms with Crippen LogP contribution < -0.4 is 5.32 Å². The van der Waals surface area contributed by atoms with Gasteiger partial charge in [-0.25, -0.2) is 4.39 Å². The molecule has 0 spiro atoms. The Morgan fingerprint density at radius 2 is 1.70 bits per heavy atom. The largest absolute Gasteiger partial charge is 0.304 e. The maximum absolute atomic E-state index is 13.0. The number of rotatable bonds is 2. The van der Waals surface area contributed by atoms with Crippen LogP contribution in [0.15, 0.2) is 48.8 Å². The van der Waals surface area contributed by atoms with E-state index in [-0.39, 0.29) is 17.4 Å². The van der Waals surface area contributed by atoms with Gasteiger partial charge in [-0.2, -0.15) is 0 Å². The molecule has 1 N–H and O–H groups in total. The second kappa shape index (κ2) is 4.98. The van der Waals surface area contributed by atoms with Crippen molar-refractivity contribution in [2.24, 2.45) is 0 Å². The first kappa shape index (κ1) is 13.3. The Labute approximate surface area is 119 Å². The number of halogens is 1. The molecule has 2 unspecified atom stereocenters. The van der Waals surface area contributed by atoms with E-state index in [1.54, 1.807) is 0 Å². The fourth-order valence-electron chi connectivity index (χ4n) is 3.20. The van der Waals surface area contributed by atoms with Crippen molar-refractivity contribution in [3.8, 4) is 0 Å². The fourth-order valence-corrected chi connectivity index (χ4v) is 3.20. The van der Waals surface area contributed by atoms with E-state index in [2.05, 4.69) is 36.3 Å². The van der Waals surface area contributed by atoms with E-state index < -0.39 is 0 Å². The van der Waals surface area contributed by atoms with Gasteiger partial charge in [0.15, 0.2) is 0 Å². The van der Waals surface area contributed by atoms with Crippen LogP contribution in [0.2, 0.25) is 0 Å². The van der Waals surface area contributed by atoms with Crippen LogP contribution in [0.5, 0.6) is 0 Å². The highest BCUT2D eigenvalue weighted by molar-refractivity contribution is 5.29. The molecular formula is C17H19FN2. The highest BCUT2D eigenvalue weighted by Crippen LogP contribution is 2.43. The Hall–Kier alpha value is -1.74. The normalized spacial score (nSPS) is 24.8. The summed E-state index contributed by atoms with van der Waals surface area (Å²) in [5, 5.41) is 3.67. The Kier molecular flexibility index (Phi) is 3.30. The molecule has 3 rings (SSSR count). The minimum absolute atomic E-state index is 0.0143. The van der Waals surface area contributed by atoms with Crippen molar-refractivity contribution < 1.29 is 4.39 Å². The average Bonchev–Trinajstić information content (AvgIpc) is 2.76. The summed E-state index contributed by atoms with van der Waals surface area (Å²) >= 11 is 0. The van der Waals surface area contributed by atoms with Gasteiger partial charge in [-0.05, 0) is 55.7 Å². The third-order valence-corrected chi connectivity index (χ3v) is 4.27. The van der Waals surface area contributed by atoms with Gasteiger partial charge in [0.25, 0.3) is 0 Å². The maximum atomic E-state index is 13.0. The van der Waals surface area contributed by atoms with E-state index in [0.717, 1.165) is 12.0 Å². The summed E-state index contributed by atoms with van der Waals surface area (Å²) in [6.07, 6.45) is 4.70. The van der Waals surface area contributed by atoms with Gasteiger partial charge in [-0.3, -0.25) is 4.98 Å². The van der Waals surface area contributed by atoms with Crippen LogP contribution in [-0.2, 0) is 0 Å². The summed E-state index contributed by atoms with van der Waals surface area (Å²) in [5.74, 6) is 0.247. The van der Waals surface area contributed by atoms with Crippen LogP contribution in [0.1, 0.15) is 43.4 Å². The summed E-state index contributed by atoms with van der Waals surface area (Å²) in [4.78, 5) is 4.09. The molecular weight excluding hydrogens is 251 g/mol. The lowest BCUT2D eigenvalue weighted by molar-refractivity contribution is 0.397. The molecule has 0 bridgehead atoms. The molecule has 2 nitrogen and oxygen atoms in total. The second-order valence-corrected chi connectivity index (χ2v) is 6.04. The van der Waals surface area contributed by atoms with Crippen molar-refractivity contribution in [1.29, 1.82) is 0 Å². The Morgan fingerprint density at radius 1 is 1.05 bits per heavy atom. The van der Waals surface area contributed by atoms with Crippen molar-refractivity contribution in [3.63, 3.8) is 0 Å². The number of hydrogen-bond donors (Lipinski definition) is 1. The van der Waals surface area contributed by atoms with E-state index in [9.17, 15) is 4.39 Å². The summed E-state index contributed by atoms with van der Waals surface area (Å²) in [5.41, 5.74) is 2.47. The highest BCUT2D eigenvalue weighted by atomic mass is 19.1. The zero-order valence-electron chi connectivity index (χ0n) is 11.8. The van der Waals surface area contributed by atoms with Gasteiger partial charge in [0, 0.05) is 29.9 Å². The molecule has 2 aromatic rings. The van der Waals surface area contributed by atoms with Gasteiger partial charge in [-0.15, -0.1) is 0 Å². The molecule has 0 saturated carbocycles. The molecule has 1 aromatic heterocycles. The third-order valence-electron chi connectivity index (χ3n) is 4.27. The molecule has 2 heterocycles. The smallest absolute Gasteiger partial charge is 0.123 e. The van der Waals surface area contributed by atoms with Crippen molar-refractivity contribution in [1.82, 2.24) is 10.3 Å². The second-order valence-electron chi connectivity index (χ2n) is 6.04. The van der Waals surface area contributed by atoms with Crippen LogP contribution >= 0.6 is 0 Å². The van der Waals surface area contributed by atoms with Crippen LogP contribution in [0.25, 0.3) is 0 Å². The zero-order chi connectivity index (χ0) is 14.2. The lowest BCUT2D eigenvalue weighted by Gasteiger charge is -2.27. The molecule has 1 aromatic carbocycles. The standard InChI is InChI=1S/C17H19FN2/c1-17(2)15(12-7-9-19-10-8-12)11-16(20-17)13-3-5-14(18)6-4-13/h3-10,15-16,20H,11H2,1-2H3. The van der Waals surface area contributed by atoms with Gasteiger partial charge >= 0.3 is 0 Å². The van der Waals surface area contributed by atoms with E-state index in [4.69, 9.17) is 0 Å². The zero-order valence-corrected chi connectivity index (χ0v) is 11.8. The van der Waals surface area contributed by atoms with Crippen molar-refractivity contribution in [2.45, 2.75) is 37.8 Å². The number of benzene rings is 1. The monoisotopic (exact) mass is 270 g/mol. The molecule has 20 heavy (non-hydrogen) atoms. The van der Waals surface area contributed by atoms with Crippen LogP contribution in [-0.4, -0.2) is 10.5 Å². The number of pyridine rings is 1. The van der Waals surface area contributed by atoms with Gasteiger partial charge in [0.1, 0.15) is 5.82 Å². The number of nitrogens with one attached hydrogen (secondary N) is 1. The molecule has 1 aliphatic rings. The van der Waals surface area contributed by atoms with E-state index in [0.29, 0.717) is 5.92 Å². The third kappa shape index (κ3) is 2.46. The molecule has 0 radical (unpaired) electrons. The van der Waals surface area contributed by atoms with Gasteiger partial charge < -0.3 is 5.32 Å². The summed E-state index contributed by atoms with van der Waals surface area (Å²) < 4.78 is 13.0. The highest BCUT2D eigenvalue weighted by Gasteiger charge is 2.40. The molecule has 104 valence electrons. The molecule has 1 saturated heterocycles. The lowest BCUT2D eigenvalue weighted by atomic mass is 9.83. The van der Waals surface area contributed by atoms with Gasteiger partial charge in [-0.1, -0.05) is 12.1 Å². The van der Waals surface area contributed by atoms with Crippen molar-refractivity contribution in [3.05, 3.63) is 65.7 Å². The Balaban J connectivity index is 1.87. The predicted molar refractivity (Wildman–Crippen MR) is 78.0 cm³/mol. The molecule has 1 fully saturated rings. The van der Waals surface area contributed by atoms with Gasteiger partial charge in [0.05, 0.1) is 0 Å². The predicted octanol–water partition coefficient (Wildman–Crippen LogP) is 3.82. The van der Waals surface area contributed by atoms with Crippen LogP contribution in [0.4, 0.5) is 4.39 Å². The van der Waals surface area contributed by atoms with Crippen molar-refractivity contribution in [2.75, 3.05) is 0 Å². The van der Waals surface area contributed by atoms with E-state index in [1.165, 1.54) is 17.7 Å². The Morgan fingerprint density at radius 3 is 2.35 bits per heavy atom. The molecule has 0 amide bonds. The maximum Gasteiger partial charge on any atom is 0.123 e. The first-order valence-electron chi connectivity index (χ1n) is 6.99. The number of nitrogens with zero attached hydrogens (tertiary/aromatic N) is 1. The first-order chi connectivity index (χ1) is 9.56. The summed E-state index contributed by atoms with van der Waals surface area (Å²) in [6.45, 7) is 4.45. The number of hydrogen-bond acceptors (Lipinski definition) is 2. The number of aromatic nitrogens is 1. The first-order valence-corrected chi connectivity index (χ1v) is 6.99. The average molecular weight is 270 g/mol. The molecule has 1 aliphatic heterocycles. The summed E-state index contributed by atoms with van der Waals surface area (Å²) in [7, 11) is 0. The molecule has 2 atom stereocenters. The van der Waals surface area contributed by atoms with Gasteiger partial charge in [0.2, 0.25) is 0 Å². The summed E-state index contributed by atoms with van der Waals surface area (Å²) in [6, 6.07) is 11.2. The van der Waals surface area contributed by atoms with Crippen molar-refractivity contribution >= 4 is 0 Å². The van der Waals surface area contributed by atoms with Crippen LogP contribution in [0, 0.1) is 5.82 Å². The lowest BCUT2D eigenvalue weighted by Crippen LogP contribution is -2.37. The Bertz CT molecular complexity index is 578. The van der Waals surface area contributed by atoms with E-state index in [1.807, 2.05) is 24.5 Å². The van der Waals surface area contributed by atoms with Crippen LogP contribution in [0.3, 0.4) is 0 Å². The molecule has 3 heteroatoms. The quantitative estimate of drug-likeness (QED) is 0.897. The minimum atomic E-state index is -0.184. The SMILES string of the molecule is CC1(C)NC(c2ccc(F)cc2)CC1c1ccncc1. The minimum Gasteiger partial charge on any atom is -0.304 e. The topological polar surface area (TPSA) is 24.9 Å². The fraction of sp³-hybridized carbons (Fsp3) is 0.353. The molecule has 0 aliphatic carbocycles.